The molecule has 0 atom stereocenters. The second-order valence-electron chi connectivity index (χ2n) is 7.89. The van der Waals surface area contributed by atoms with E-state index in [1.54, 1.807) is 0 Å². The fourth-order valence-electron chi connectivity index (χ4n) is 3.74. The van der Waals surface area contributed by atoms with Crippen molar-refractivity contribution in [3.05, 3.63) is 95.7 Å². The van der Waals surface area contributed by atoms with E-state index in [1.807, 2.05) is 85.8 Å². The van der Waals surface area contributed by atoms with Crippen LogP contribution in [0, 0.1) is 0 Å². The van der Waals surface area contributed by atoms with Crippen LogP contribution in [0.5, 0.6) is 5.75 Å². The molecule has 1 aliphatic rings. The van der Waals surface area contributed by atoms with E-state index in [1.165, 1.54) is 4.90 Å². The van der Waals surface area contributed by atoms with E-state index in [-0.39, 0.29) is 17.5 Å². The van der Waals surface area contributed by atoms with Crippen LogP contribution in [0.1, 0.15) is 37.8 Å². The Morgan fingerprint density at radius 2 is 1.59 bits per heavy atom. The average Bonchev–Trinajstić information content (AvgIpc) is 3.04. The molecule has 0 fully saturated rings. The minimum Gasteiger partial charge on any atom is -0.494 e. The monoisotopic (exact) mass is 426 g/mol. The number of nitrogens with zero attached hydrogens (tertiary/aromatic N) is 1. The van der Waals surface area contributed by atoms with Crippen molar-refractivity contribution in [2.75, 3.05) is 16.8 Å². The quantitative estimate of drug-likeness (QED) is 0.499. The van der Waals surface area contributed by atoms with Crippen LogP contribution < -0.4 is 15.0 Å². The molecule has 4 rings (SSSR count). The predicted molar refractivity (Wildman–Crippen MR) is 128 cm³/mol. The van der Waals surface area contributed by atoms with Crippen molar-refractivity contribution in [2.45, 2.75) is 26.7 Å². The van der Waals surface area contributed by atoms with Crippen LogP contribution in [-0.2, 0) is 9.59 Å². The minimum absolute atomic E-state index is 0.253. The molecule has 5 nitrogen and oxygen atoms in total. The Kier molecular flexibility index (Phi) is 6.08. The lowest BCUT2D eigenvalue weighted by Gasteiger charge is -2.16. The van der Waals surface area contributed by atoms with E-state index in [2.05, 4.69) is 19.2 Å². The SMILES string of the molecule is CCOc1cccc(NC2=C(c3ccccc3)C(=O)N(c3ccc(C(C)C)cc3)C2=O)c1. The van der Waals surface area contributed by atoms with Crippen LogP contribution in [0.25, 0.3) is 5.57 Å². The van der Waals surface area contributed by atoms with E-state index >= 15 is 0 Å². The minimum atomic E-state index is -0.382. The molecule has 32 heavy (non-hydrogen) atoms. The topological polar surface area (TPSA) is 58.6 Å². The first kappa shape index (κ1) is 21.4. The third-order valence-electron chi connectivity index (χ3n) is 5.38. The fourth-order valence-corrected chi connectivity index (χ4v) is 3.74. The Balaban J connectivity index is 1.75. The lowest BCUT2D eigenvalue weighted by atomic mass is 10.0. The van der Waals surface area contributed by atoms with Gasteiger partial charge in [-0.05, 0) is 48.2 Å². The van der Waals surface area contributed by atoms with Crippen LogP contribution >= 0.6 is 0 Å². The highest BCUT2D eigenvalue weighted by molar-refractivity contribution is 6.46. The standard InChI is InChI=1S/C27H26N2O3/c1-4-32-23-12-8-11-21(17-23)28-25-24(20-9-6-5-7-10-20)26(30)29(27(25)31)22-15-13-19(14-16-22)18(2)3/h5-18,28H,4H2,1-3H3. The maximum Gasteiger partial charge on any atom is 0.282 e. The predicted octanol–water partition coefficient (Wildman–Crippen LogP) is 5.61. The molecule has 0 saturated heterocycles. The summed E-state index contributed by atoms with van der Waals surface area (Å²) in [6, 6.07) is 24.2. The Labute approximate surface area is 188 Å². The smallest absolute Gasteiger partial charge is 0.282 e. The summed E-state index contributed by atoms with van der Waals surface area (Å²) in [5, 5.41) is 3.19. The molecule has 3 aromatic carbocycles. The molecule has 0 aliphatic carbocycles. The molecule has 0 saturated carbocycles. The van der Waals surface area contributed by atoms with Gasteiger partial charge in [-0.25, -0.2) is 4.90 Å². The molecule has 0 unspecified atom stereocenters. The first-order chi connectivity index (χ1) is 15.5. The van der Waals surface area contributed by atoms with Crippen LogP contribution in [-0.4, -0.2) is 18.4 Å². The van der Waals surface area contributed by atoms with Gasteiger partial charge in [0.25, 0.3) is 11.8 Å². The van der Waals surface area contributed by atoms with Gasteiger partial charge >= 0.3 is 0 Å². The molecular weight excluding hydrogens is 400 g/mol. The van der Waals surface area contributed by atoms with Crippen molar-refractivity contribution < 1.29 is 14.3 Å². The van der Waals surface area contributed by atoms with Crippen LogP contribution in [0.4, 0.5) is 11.4 Å². The van der Waals surface area contributed by atoms with Crippen LogP contribution in [0.2, 0.25) is 0 Å². The van der Waals surface area contributed by atoms with E-state index in [0.29, 0.717) is 40.8 Å². The van der Waals surface area contributed by atoms with Gasteiger partial charge < -0.3 is 10.1 Å². The number of anilines is 2. The fraction of sp³-hybridized carbons (Fsp3) is 0.185. The summed E-state index contributed by atoms with van der Waals surface area (Å²) in [6.45, 7) is 6.67. The van der Waals surface area contributed by atoms with Gasteiger partial charge in [0.1, 0.15) is 11.4 Å². The Bertz CT molecular complexity index is 1170. The number of hydrogen-bond donors (Lipinski definition) is 1. The zero-order chi connectivity index (χ0) is 22.7. The number of benzene rings is 3. The van der Waals surface area contributed by atoms with Crippen LogP contribution in [0.3, 0.4) is 0 Å². The highest BCUT2D eigenvalue weighted by Gasteiger charge is 2.40. The number of carbonyl (C=O) groups is 2. The number of amides is 2. The summed E-state index contributed by atoms with van der Waals surface area (Å²) < 4.78 is 5.57. The Morgan fingerprint density at radius 3 is 2.25 bits per heavy atom. The van der Waals surface area contributed by atoms with Gasteiger partial charge in [-0.3, -0.25) is 9.59 Å². The van der Waals surface area contributed by atoms with Crippen molar-refractivity contribution in [1.82, 2.24) is 0 Å². The molecule has 0 spiro atoms. The van der Waals surface area contributed by atoms with Gasteiger partial charge in [-0.2, -0.15) is 0 Å². The molecule has 1 aliphatic heterocycles. The largest absolute Gasteiger partial charge is 0.494 e. The molecule has 0 radical (unpaired) electrons. The maximum atomic E-state index is 13.5. The first-order valence-corrected chi connectivity index (χ1v) is 10.8. The Morgan fingerprint density at radius 1 is 0.875 bits per heavy atom. The van der Waals surface area contributed by atoms with E-state index in [4.69, 9.17) is 4.74 Å². The highest BCUT2D eigenvalue weighted by Crippen LogP contribution is 2.34. The second-order valence-corrected chi connectivity index (χ2v) is 7.89. The molecule has 1 N–H and O–H groups in total. The summed E-state index contributed by atoms with van der Waals surface area (Å²) in [6.07, 6.45) is 0. The molecule has 162 valence electrons. The third kappa shape index (κ3) is 4.14. The molecule has 0 bridgehead atoms. The van der Waals surface area contributed by atoms with E-state index in [0.717, 1.165) is 5.56 Å². The summed E-state index contributed by atoms with van der Waals surface area (Å²) in [5.41, 5.74) is 3.68. The number of carbonyl (C=O) groups excluding carboxylic acids is 2. The molecule has 0 aromatic heterocycles. The lowest BCUT2D eigenvalue weighted by Crippen LogP contribution is -2.32. The third-order valence-corrected chi connectivity index (χ3v) is 5.38. The van der Waals surface area contributed by atoms with Gasteiger partial charge in [-0.1, -0.05) is 62.4 Å². The highest BCUT2D eigenvalue weighted by atomic mass is 16.5. The van der Waals surface area contributed by atoms with Gasteiger partial charge in [-0.15, -0.1) is 0 Å². The number of ether oxygens (including phenoxy) is 1. The Hall–Kier alpha value is -3.86. The summed E-state index contributed by atoms with van der Waals surface area (Å²) in [4.78, 5) is 28.2. The number of nitrogens with one attached hydrogen (secondary N) is 1. The second kappa shape index (κ2) is 9.10. The average molecular weight is 427 g/mol. The molecule has 3 aromatic rings. The zero-order valence-electron chi connectivity index (χ0n) is 18.5. The van der Waals surface area contributed by atoms with Crippen molar-refractivity contribution in [2.24, 2.45) is 0 Å². The summed E-state index contributed by atoms with van der Waals surface area (Å²) >= 11 is 0. The lowest BCUT2D eigenvalue weighted by molar-refractivity contribution is -0.120. The van der Waals surface area contributed by atoms with Gasteiger partial charge in [0.05, 0.1) is 17.9 Å². The zero-order valence-corrected chi connectivity index (χ0v) is 18.5. The van der Waals surface area contributed by atoms with Crippen LogP contribution in [0.15, 0.2) is 84.6 Å². The van der Waals surface area contributed by atoms with E-state index in [9.17, 15) is 9.59 Å². The number of imide groups is 1. The van der Waals surface area contributed by atoms with Crippen molar-refractivity contribution in [3.63, 3.8) is 0 Å². The van der Waals surface area contributed by atoms with Crippen molar-refractivity contribution in [3.8, 4) is 5.75 Å². The van der Waals surface area contributed by atoms with Crippen molar-refractivity contribution in [1.29, 1.82) is 0 Å². The molecule has 5 heteroatoms. The first-order valence-electron chi connectivity index (χ1n) is 10.8. The van der Waals surface area contributed by atoms with E-state index < -0.39 is 0 Å². The number of rotatable bonds is 7. The summed E-state index contributed by atoms with van der Waals surface area (Å²) in [7, 11) is 0. The molecule has 1 heterocycles. The molecular formula is C27H26N2O3. The number of hydrogen-bond acceptors (Lipinski definition) is 4. The van der Waals surface area contributed by atoms with Crippen molar-refractivity contribution >= 4 is 28.8 Å². The molecule has 2 amide bonds. The van der Waals surface area contributed by atoms with Gasteiger partial charge in [0.15, 0.2) is 0 Å². The normalized spacial score (nSPS) is 13.8. The summed E-state index contributed by atoms with van der Waals surface area (Å²) in [5.74, 6) is 0.328. The van der Waals surface area contributed by atoms with Gasteiger partial charge in [0.2, 0.25) is 0 Å². The van der Waals surface area contributed by atoms with Gasteiger partial charge in [0, 0.05) is 11.8 Å². The maximum absolute atomic E-state index is 13.5.